The van der Waals surface area contributed by atoms with Crippen LogP contribution in [-0.4, -0.2) is 22.0 Å². The average Bonchev–Trinajstić information content (AvgIpc) is 3.17. The number of rotatable bonds is 7. The maximum absolute atomic E-state index is 12.6. The Kier molecular flexibility index (Phi) is 6.49. The Hall–Kier alpha value is -3.06. The van der Waals surface area contributed by atoms with Crippen molar-refractivity contribution in [1.82, 2.24) is 15.5 Å². The topological polar surface area (TPSA) is 84.0 Å². The first-order chi connectivity index (χ1) is 13.5. The van der Waals surface area contributed by atoms with Gasteiger partial charge in [-0.3, -0.25) is 9.59 Å². The van der Waals surface area contributed by atoms with E-state index in [1.54, 1.807) is 24.3 Å². The first-order valence-corrected chi connectivity index (χ1v) is 9.88. The Morgan fingerprint density at radius 2 is 1.61 bits per heavy atom. The Balaban J connectivity index is 1.71. The number of amides is 2. The van der Waals surface area contributed by atoms with Crippen molar-refractivity contribution in [2.24, 2.45) is 0 Å². The molecule has 0 fully saturated rings. The van der Waals surface area contributed by atoms with E-state index in [2.05, 4.69) is 20.8 Å². The van der Waals surface area contributed by atoms with Crippen molar-refractivity contribution in [2.75, 3.05) is 5.32 Å². The van der Waals surface area contributed by atoms with Gasteiger partial charge in [0.1, 0.15) is 5.01 Å². The Bertz CT molecular complexity index is 926. The van der Waals surface area contributed by atoms with E-state index in [0.717, 1.165) is 10.6 Å². The average molecular weight is 395 g/mol. The van der Waals surface area contributed by atoms with Crippen molar-refractivity contribution in [1.29, 1.82) is 0 Å². The Morgan fingerprint density at radius 3 is 2.21 bits per heavy atom. The zero-order valence-corrected chi connectivity index (χ0v) is 16.6. The summed E-state index contributed by atoms with van der Waals surface area (Å²) in [7, 11) is 0. The first-order valence-electron chi connectivity index (χ1n) is 9.07. The molecular weight excluding hydrogens is 372 g/mol. The van der Waals surface area contributed by atoms with Crippen molar-refractivity contribution in [3.63, 3.8) is 0 Å². The maximum atomic E-state index is 12.6. The van der Waals surface area contributed by atoms with Crippen LogP contribution in [0.25, 0.3) is 0 Å². The lowest BCUT2D eigenvalue weighted by molar-refractivity contribution is -0.116. The summed E-state index contributed by atoms with van der Waals surface area (Å²) in [6.45, 7) is 4.05. The molecule has 1 aromatic heterocycles. The molecule has 0 spiro atoms. The molecule has 144 valence electrons. The Labute approximate surface area is 168 Å². The number of aromatic nitrogens is 2. The summed E-state index contributed by atoms with van der Waals surface area (Å²) < 4.78 is 0. The number of nitrogens with one attached hydrogen (secondary N) is 2. The summed E-state index contributed by atoms with van der Waals surface area (Å²) in [6, 6.07) is 18.0. The summed E-state index contributed by atoms with van der Waals surface area (Å²) in [5, 5.41) is 15.2. The number of hydrogen-bond acceptors (Lipinski definition) is 5. The van der Waals surface area contributed by atoms with Crippen LogP contribution in [0, 0.1) is 0 Å². The third-order valence-electron chi connectivity index (χ3n) is 4.11. The molecule has 2 N–H and O–H groups in total. The predicted molar refractivity (Wildman–Crippen MR) is 110 cm³/mol. The summed E-state index contributed by atoms with van der Waals surface area (Å²) in [5.74, 6) is -0.195. The van der Waals surface area contributed by atoms with Gasteiger partial charge in [0.05, 0.1) is 12.5 Å². The lowest BCUT2D eigenvalue weighted by Crippen LogP contribution is -2.31. The van der Waals surface area contributed by atoms with Gasteiger partial charge < -0.3 is 10.6 Å². The van der Waals surface area contributed by atoms with E-state index < -0.39 is 6.04 Å². The lowest BCUT2D eigenvalue weighted by atomic mass is 10.0. The standard InChI is InChI=1S/C21H22N4O2S/c1-14(2)20-24-25-21(28-20)23-18(26)13-17(15-9-5-3-6-10-15)22-19(27)16-11-7-4-8-12-16/h3-12,14,17H,13H2,1-2H3,(H,22,27)(H,23,25,26)/t17-/m0/s1. The minimum absolute atomic E-state index is 0.0964. The number of nitrogens with zero attached hydrogens (tertiary/aromatic N) is 2. The fourth-order valence-corrected chi connectivity index (χ4v) is 3.40. The fraction of sp³-hybridized carbons (Fsp3) is 0.238. The molecule has 0 aliphatic carbocycles. The quantitative estimate of drug-likeness (QED) is 0.630. The molecule has 1 heterocycles. The van der Waals surface area contributed by atoms with Gasteiger partial charge in [0.15, 0.2) is 0 Å². The molecular formula is C21H22N4O2S. The molecule has 2 aromatic carbocycles. The van der Waals surface area contributed by atoms with Crippen LogP contribution in [0.5, 0.6) is 0 Å². The normalized spacial score (nSPS) is 11.8. The number of carbonyl (C=O) groups excluding carboxylic acids is 2. The van der Waals surface area contributed by atoms with Crippen LogP contribution >= 0.6 is 11.3 Å². The summed E-state index contributed by atoms with van der Waals surface area (Å²) in [4.78, 5) is 25.2. The Morgan fingerprint density at radius 1 is 0.964 bits per heavy atom. The highest BCUT2D eigenvalue weighted by molar-refractivity contribution is 7.15. The number of hydrogen-bond donors (Lipinski definition) is 2. The molecule has 3 rings (SSSR count). The van der Waals surface area contributed by atoms with E-state index in [4.69, 9.17) is 0 Å². The molecule has 7 heteroatoms. The summed E-state index contributed by atoms with van der Waals surface area (Å²) in [5.41, 5.74) is 1.41. The maximum Gasteiger partial charge on any atom is 0.251 e. The van der Waals surface area contributed by atoms with Gasteiger partial charge in [0.25, 0.3) is 5.91 Å². The SMILES string of the molecule is CC(C)c1nnc(NC(=O)C[C@H](NC(=O)c2ccccc2)c2ccccc2)s1. The van der Waals surface area contributed by atoms with E-state index in [0.29, 0.717) is 10.7 Å². The molecule has 28 heavy (non-hydrogen) atoms. The second-order valence-corrected chi connectivity index (χ2v) is 7.66. The highest BCUT2D eigenvalue weighted by Gasteiger charge is 2.20. The summed E-state index contributed by atoms with van der Waals surface area (Å²) in [6.07, 6.45) is 0.0964. The van der Waals surface area contributed by atoms with Crippen LogP contribution in [0.3, 0.4) is 0 Å². The fourth-order valence-electron chi connectivity index (χ4n) is 2.64. The van der Waals surface area contributed by atoms with Crippen LogP contribution in [-0.2, 0) is 4.79 Å². The summed E-state index contributed by atoms with van der Waals surface area (Å²) >= 11 is 1.36. The van der Waals surface area contributed by atoms with Crippen molar-refractivity contribution in [3.8, 4) is 0 Å². The van der Waals surface area contributed by atoms with Crippen LogP contribution in [0.15, 0.2) is 60.7 Å². The smallest absolute Gasteiger partial charge is 0.251 e. The predicted octanol–water partition coefficient (Wildman–Crippen LogP) is 4.16. The molecule has 0 saturated heterocycles. The van der Waals surface area contributed by atoms with Gasteiger partial charge in [-0.15, -0.1) is 10.2 Å². The van der Waals surface area contributed by atoms with Crippen LogP contribution in [0.4, 0.5) is 5.13 Å². The molecule has 0 unspecified atom stereocenters. The molecule has 0 aliphatic heterocycles. The molecule has 3 aromatic rings. The van der Waals surface area contributed by atoms with E-state index in [1.807, 2.05) is 50.2 Å². The second kappa shape index (κ2) is 9.23. The van der Waals surface area contributed by atoms with E-state index in [9.17, 15) is 9.59 Å². The zero-order chi connectivity index (χ0) is 19.9. The van der Waals surface area contributed by atoms with Crippen LogP contribution in [0.2, 0.25) is 0 Å². The van der Waals surface area contributed by atoms with Gasteiger partial charge in [-0.2, -0.15) is 0 Å². The molecule has 0 radical (unpaired) electrons. The number of anilines is 1. The molecule has 0 aliphatic rings. The minimum Gasteiger partial charge on any atom is -0.345 e. The lowest BCUT2D eigenvalue weighted by Gasteiger charge is -2.19. The number of carbonyl (C=O) groups is 2. The van der Waals surface area contributed by atoms with E-state index >= 15 is 0 Å². The van der Waals surface area contributed by atoms with Crippen molar-refractivity contribution >= 4 is 28.3 Å². The van der Waals surface area contributed by atoms with Crippen LogP contribution in [0.1, 0.15) is 53.2 Å². The minimum atomic E-state index is -0.452. The van der Waals surface area contributed by atoms with Crippen molar-refractivity contribution in [2.45, 2.75) is 32.2 Å². The molecule has 0 bridgehead atoms. The molecule has 6 nitrogen and oxygen atoms in total. The van der Waals surface area contributed by atoms with E-state index in [-0.39, 0.29) is 24.2 Å². The molecule has 0 saturated carbocycles. The first kappa shape index (κ1) is 19.7. The highest BCUT2D eigenvalue weighted by atomic mass is 32.1. The number of benzene rings is 2. The third-order valence-corrected chi connectivity index (χ3v) is 5.25. The zero-order valence-electron chi connectivity index (χ0n) is 15.8. The van der Waals surface area contributed by atoms with Gasteiger partial charge in [-0.25, -0.2) is 0 Å². The highest BCUT2D eigenvalue weighted by Crippen LogP contribution is 2.24. The van der Waals surface area contributed by atoms with Crippen molar-refractivity contribution in [3.05, 3.63) is 76.8 Å². The van der Waals surface area contributed by atoms with Gasteiger partial charge >= 0.3 is 0 Å². The van der Waals surface area contributed by atoms with Crippen molar-refractivity contribution < 1.29 is 9.59 Å². The second-order valence-electron chi connectivity index (χ2n) is 6.66. The van der Waals surface area contributed by atoms with E-state index in [1.165, 1.54) is 11.3 Å². The molecule has 1 atom stereocenters. The monoisotopic (exact) mass is 394 g/mol. The van der Waals surface area contributed by atoms with Crippen LogP contribution < -0.4 is 10.6 Å². The van der Waals surface area contributed by atoms with Gasteiger partial charge in [-0.05, 0) is 17.7 Å². The van der Waals surface area contributed by atoms with Gasteiger partial charge in [0.2, 0.25) is 11.0 Å². The van der Waals surface area contributed by atoms with Gasteiger partial charge in [-0.1, -0.05) is 73.7 Å². The van der Waals surface area contributed by atoms with Gasteiger partial charge in [0, 0.05) is 11.5 Å². The largest absolute Gasteiger partial charge is 0.345 e. The third kappa shape index (κ3) is 5.23. The molecule has 2 amide bonds.